The fourth-order valence-corrected chi connectivity index (χ4v) is 2.96. The zero-order valence-corrected chi connectivity index (χ0v) is 14.5. The Labute approximate surface area is 144 Å². The van der Waals surface area contributed by atoms with Crippen LogP contribution >= 0.6 is 0 Å². The third kappa shape index (κ3) is 3.80. The standard InChI is InChI=1S/C23H23N/c1-17-9-14-23(18(2)15-17)19(3)24-16-20-10-12-22(13-11-20)21-7-5-4-6-8-21/h4-16,19H,1-3H3. The van der Waals surface area contributed by atoms with E-state index in [0.717, 1.165) is 5.56 Å². The Kier molecular flexibility index (Phi) is 4.90. The monoisotopic (exact) mass is 313 g/mol. The summed E-state index contributed by atoms with van der Waals surface area (Å²) in [6, 6.07) is 25.7. The van der Waals surface area contributed by atoms with E-state index in [1.165, 1.54) is 27.8 Å². The van der Waals surface area contributed by atoms with E-state index in [4.69, 9.17) is 4.99 Å². The summed E-state index contributed by atoms with van der Waals surface area (Å²) < 4.78 is 0. The van der Waals surface area contributed by atoms with Crippen molar-refractivity contribution in [3.05, 3.63) is 95.1 Å². The van der Waals surface area contributed by atoms with Crippen LogP contribution in [0.1, 0.15) is 35.2 Å². The molecular weight excluding hydrogens is 290 g/mol. The molecule has 120 valence electrons. The number of hydrogen-bond acceptors (Lipinski definition) is 1. The third-order valence-electron chi connectivity index (χ3n) is 4.34. The van der Waals surface area contributed by atoms with Gasteiger partial charge in [-0.2, -0.15) is 0 Å². The van der Waals surface area contributed by atoms with Gasteiger partial charge in [0.25, 0.3) is 0 Å². The highest BCUT2D eigenvalue weighted by molar-refractivity contribution is 5.81. The molecule has 0 amide bonds. The van der Waals surface area contributed by atoms with Gasteiger partial charge in [0.15, 0.2) is 0 Å². The van der Waals surface area contributed by atoms with Crippen LogP contribution in [-0.4, -0.2) is 6.21 Å². The molecule has 1 nitrogen and oxygen atoms in total. The molecule has 0 aliphatic heterocycles. The predicted molar refractivity (Wildman–Crippen MR) is 104 cm³/mol. The van der Waals surface area contributed by atoms with E-state index < -0.39 is 0 Å². The molecule has 0 radical (unpaired) electrons. The van der Waals surface area contributed by atoms with Gasteiger partial charge in [-0.1, -0.05) is 78.4 Å². The Morgan fingerprint density at radius 2 is 1.46 bits per heavy atom. The van der Waals surface area contributed by atoms with Gasteiger partial charge in [0.2, 0.25) is 0 Å². The van der Waals surface area contributed by atoms with Crippen LogP contribution in [0, 0.1) is 13.8 Å². The summed E-state index contributed by atoms with van der Waals surface area (Å²) in [6.45, 7) is 6.43. The van der Waals surface area contributed by atoms with Crippen molar-refractivity contribution >= 4 is 6.21 Å². The van der Waals surface area contributed by atoms with E-state index in [2.05, 4.69) is 87.5 Å². The summed E-state index contributed by atoms with van der Waals surface area (Å²) in [5, 5.41) is 0. The summed E-state index contributed by atoms with van der Waals surface area (Å²) >= 11 is 0. The first kappa shape index (κ1) is 16.2. The highest BCUT2D eigenvalue weighted by Gasteiger charge is 2.06. The zero-order chi connectivity index (χ0) is 16.9. The average Bonchev–Trinajstić information content (AvgIpc) is 2.61. The smallest absolute Gasteiger partial charge is 0.0723 e. The summed E-state index contributed by atoms with van der Waals surface area (Å²) in [6.07, 6.45) is 1.97. The molecule has 0 bridgehead atoms. The van der Waals surface area contributed by atoms with Crippen molar-refractivity contribution in [1.29, 1.82) is 0 Å². The molecule has 1 heteroatoms. The molecule has 3 aromatic carbocycles. The van der Waals surface area contributed by atoms with Gasteiger partial charge < -0.3 is 0 Å². The Hall–Kier alpha value is -2.67. The molecule has 24 heavy (non-hydrogen) atoms. The topological polar surface area (TPSA) is 12.4 Å². The zero-order valence-electron chi connectivity index (χ0n) is 14.5. The molecule has 0 aliphatic rings. The van der Waals surface area contributed by atoms with Crippen LogP contribution in [0.15, 0.2) is 77.8 Å². The second kappa shape index (κ2) is 7.27. The van der Waals surface area contributed by atoms with Crippen LogP contribution < -0.4 is 0 Å². The first-order chi connectivity index (χ1) is 11.6. The van der Waals surface area contributed by atoms with Crippen molar-refractivity contribution in [2.75, 3.05) is 0 Å². The maximum atomic E-state index is 4.73. The molecule has 1 unspecified atom stereocenters. The van der Waals surface area contributed by atoms with Gasteiger partial charge in [0.1, 0.15) is 0 Å². The Morgan fingerprint density at radius 1 is 0.792 bits per heavy atom. The minimum atomic E-state index is 0.166. The van der Waals surface area contributed by atoms with Crippen molar-refractivity contribution in [2.45, 2.75) is 26.8 Å². The lowest BCUT2D eigenvalue weighted by molar-refractivity contribution is 0.816. The maximum Gasteiger partial charge on any atom is 0.0723 e. The SMILES string of the molecule is Cc1ccc(C(C)N=Cc2ccc(-c3ccccc3)cc2)c(C)c1. The van der Waals surface area contributed by atoms with Crippen molar-refractivity contribution < 1.29 is 0 Å². The van der Waals surface area contributed by atoms with Gasteiger partial charge >= 0.3 is 0 Å². The minimum absolute atomic E-state index is 0.166. The van der Waals surface area contributed by atoms with E-state index in [9.17, 15) is 0 Å². The lowest BCUT2D eigenvalue weighted by atomic mass is 10.0. The van der Waals surface area contributed by atoms with Crippen molar-refractivity contribution in [3.8, 4) is 11.1 Å². The Balaban J connectivity index is 1.74. The van der Waals surface area contributed by atoms with Gasteiger partial charge in [-0.05, 0) is 48.6 Å². The van der Waals surface area contributed by atoms with E-state index in [-0.39, 0.29) is 6.04 Å². The lowest BCUT2D eigenvalue weighted by Gasteiger charge is -2.11. The molecule has 0 N–H and O–H groups in total. The quantitative estimate of drug-likeness (QED) is 0.512. The maximum absolute atomic E-state index is 4.73. The highest BCUT2D eigenvalue weighted by Crippen LogP contribution is 2.22. The van der Waals surface area contributed by atoms with Gasteiger partial charge in [-0.25, -0.2) is 0 Å². The first-order valence-corrected chi connectivity index (χ1v) is 8.39. The summed E-state index contributed by atoms with van der Waals surface area (Å²) in [5.41, 5.74) is 7.49. The average molecular weight is 313 g/mol. The molecule has 0 spiro atoms. The molecule has 1 atom stereocenters. The minimum Gasteiger partial charge on any atom is -0.285 e. The fourth-order valence-electron chi connectivity index (χ4n) is 2.96. The summed E-state index contributed by atoms with van der Waals surface area (Å²) in [4.78, 5) is 4.73. The highest BCUT2D eigenvalue weighted by atomic mass is 14.8. The molecule has 0 saturated carbocycles. The number of hydrogen-bond donors (Lipinski definition) is 0. The van der Waals surface area contributed by atoms with Crippen LogP contribution in [0.25, 0.3) is 11.1 Å². The van der Waals surface area contributed by atoms with E-state index >= 15 is 0 Å². The van der Waals surface area contributed by atoms with Crippen molar-refractivity contribution in [2.24, 2.45) is 4.99 Å². The Morgan fingerprint density at radius 3 is 2.12 bits per heavy atom. The van der Waals surface area contributed by atoms with Crippen LogP contribution in [-0.2, 0) is 0 Å². The lowest BCUT2D eigenvalue weighted by Crippen LogP contribution is -1.95. The van der Waals surface area contributed by atoms with Crippen LogP contribution in [0.3, 0.4) is 0 Å². The molecule has 3 rings (SSSR count). The van der Waals surface area contributed by atoms with Crippen LogP contribution in [0.4, 0.5) is 0 Å². The molecule has 0 fully saturated rings. The molecular formula is C23H23N. The van der Waals surface area contributed by atoms with Crippen LogP contribution in [0.5, 0.6) is 0 Å². The second-order valence-electron chi connectivity index (χ2n) is 6.30. The molecule has 0 heterocycles. The number of aryl methyl sites for hydroxylation is 2. The second-order valence-corrected chi connectivity index (χ2v) is 6.30. The molecule has 0 saturated heterocycles. The normalized spacial score (nSPS) is 12.5. The Bertz CT molecular complexity index is 830. The summed E-state index contributed by atoms with van der Waals surface area (Å²) in [7, 11) is 0. The van der Waals surface area contributed by atoms with Gasteiger partial charge in [0.05, 0.1) is 6.04 Å². The van der Waals surface area contributed by atoms with Crippen LogP contribution in [0.2, 0.25) is 0 Å². The van der Waals surface area contributed by atoms with Gasteiger partial charge in [-0.15, -0.1) is 0 Å². The molecule has 0 aromatic heterocycles. The summed E-state index contributed by atoms with van der Waals surface area (Å²) in [5.74, 6) is 0. The predicted octanol–water partition coefficient (Wildman–Crippen LogP) is 6.15. The first-order valence-electron chi connectivity index (χ1n) is 8.39. The number of benzene rings is 3. The third-order valence-corrected chi connectivity index (χ3v) is 4.34. The molecule has 0 aliphatic carbocycles. The number of nitrogens with zero attached hydrogens (tertiary/aromatic N) is 1. The van der Waals surface area contributed by atoms with Crippen molar-refractivity contribution in [3.63, 3.8) is 0 Å². The van der Waals surface area contributed by atoms with Gasteiger partial charge in [-0.3, -0.25) is 4.99 Å². The van der Waals surface area contributed by atoms with E-state index in [1.54, 1.807) is 0 Å². The van der Waals surface area contributed by atoms with E-state index in [0.29, 0.717) is 0 Å². The number of aliphatic imine (C=N–C) groups is 1. The fraction of sp³-hybridized carbons (Fsp3) is 0.174. The van der Waals surface area contributed by atoms with E-state index in [1.807, 2.05) is 12.3 Å². The van der Waals surface area contributed by atoms with Crippen molar-refractivity contribution in [1.82, 2.24) is 0 Å². The molecule has 3 aromatic rings. The number of rotatable bonds is 4. The van der Waals surface area contributed by atoms with Gasteiger partial charge in [0, 0.05) is 6.21 Å². The largest absolute Gasteiger partial charge is 0.285 e.